The van der Waals surface area contributed by atoms with Crippen LogP contribution in [0.25, 0.3) is 0 Å². The predicted molar refractivity (Wildman–Crippen MR) is 45.2 cm³/mol. The lowest BCUT2D eigenvalue weighted by Crippen LogP contribution is -2.26. The minimum atomic E-state index is -1.25. The topological polar surface area (TPSA) is 71.4 Å². The monoisotopic (exact) mass is 192 g/mol. The highest BCUT2D eigenvalue weighted by Crippen LogP contribution is 1.92. The molecule has 1 N–H and O–H groups in total. The summed E-state index contributed by atoms with van der Waals surface area (Å²) >= 11 is 0. The molecule has 70 valence electrons. The summed E-state index contributed by atoms with van der Waals surface area (Å²) in [6.07, 6.45) is 0.162. The van der Waals surface area contributed by atoms with Gasteiger partial charge in [0.1, 0.15) is 6.10 Å². The Kier molecular flexibility index (Phi) is 4.92. The highest BCUT2D eigenvalue weighted by molar-refractivity contribution is 7.84. The van der Waals surface area contributed by atoms with Gasteiger partial charge in [0, 0.05) is 29.2 Å². The molecule has 0 rings (SSSR count). The second kappa shape index (κ2) is 5.16. The smallest absolute Gasteiger partial charge is 0.226 e. The predicted octanol–water partition coefficient (Wildman–Crippen LogP) is -0.726. The van der Waals surface area contributed by atoms with Crippen LogP contribution in [0.1, 0.15) is 13.3 Å². The second-order valence-corrected chi connectivity index (χ2v) is 4.05. The molecule has 0 aromatic rings. The van der Waals surface area contributed by atoms with Crippen molar-refractivity contribution in [1.82, 2.24) is 0 Å². The molecular weight excluding hydrogens is 180 g/mol. The van der Waals surface area contributed by atoms with E-state index in [1.54, 1.807) is 0 Å². The number of carbonyl (C=O) groups excluding carboxylic acids is 2. The molecule has 0 aromatic heterocycles. The van der Waals surface area contributed by atoms with Crippen molar-refractivity contribution in [2.75, 3.05) is 12.0 Å². The van der Waals surface area contributed by atoms with Gasteiger partial charge in [-0.3, -0.25) is 13.8 Å². The third kappa shape index (κ3) is 4.35. The highest BCUT2D eigenvalue weighted by Gasteiger charge is 2.18. The van der Waals surface area contributed by atoms with Crippen molar-refractivity contribution in [1.29, 1.82) is 0 Å². The molecule has 0 fully saturated rings. The zero-order chi connectivity index (χ0) is 9.72. The summed E-state index contributed by atoms with van der Waals surface area (Å²) in [5, 5.41) is 8.71. The summed E-state index contributed by atoms with van der Waals surface area (Å²) in [4.78, 5) is 21.6. The van der Waals surface area contributed by atoms with Gasteiger partial charge in [0.2, 0.25) is 11.6 Å². The van der Waals surface area contributed by atoms with Crippen LogP contribution in [0.3, 0.4) is 0 Å². The number of aliphatic hydroxyl groups is 1. The Bertz CT molecular complexity index is 209. The van der Waals surface area contributed by atoms with Crippen molar-refractivity contribution in [3.8, 4) is 0 Å². The molecule has 2 unspecified atom stereocenters. The van der Waals surface area contributed by atoms with Crippen LogP contribution in [0.2, 0.25) is 0 Å². The van der Waals surface area contributed by atoms with E-state index in [-0.39, 0.29) is 12.2 Å². The average molecular weight is 192 g/mol. The van der Waals surface area contributed by atoms with Crippen LogP contribution in [0, 0.1) is 0 Å². The zero-order valence-electron chi connectivity index (χ0n) is 7.07. The van der Waals surface area contributed by atoms with E-state index in [1.807, 2.05) is 0 Å². The lowest BCUT2D eigenvalue weighted by Gasteiger charge is -2.00. The van der Waals surface area contributed by atoms with Gasteiger partial charge in [-0.1, -0.05) is 0 Å². The van der Waals surface area contributed by atoms with E-state index in [0.717, 1.165) is 0 Å². The molecule has 0 heterocycles. The summed E-state index contributed by atoms with van der Waals surface area (Å²) in [7, 11) is -1.07. The van der Waals surface area contributed by atoms with E-state index < -0.39 is 28.5 Å². The molecule has 0 saturated carbocycles. The highest BCUT2D eigenvalue weighted by atomic mass is 32.2. The van der Waals surface area contributed by atoms with Gasteiger partial charge >= 0.3 is 0 Å². The maximum absolute atomic E-state index is 10.8. The van der Waals surface area contributed by atoms with Gasteiger partial charge in [-0.15, -0.1) is 0 Å². The average Bonchev–Trinajstić information content (AvgIpc) is 1.98. The quantitative estimate of drug-likeness (QED) is 0.583. The maximum atomic E-state index is 10.8. The molecule has 2 atom stereocenters. The SMILES string of the molecule is CC(O)C(=O)C(=O)CCS(C)=O. The van der Waals surface area contributed by atoms with Crippen molar-refractivity contribution in [2.24, 2.45) is 0 Å². The Morgan fingerprint density at radius 3 is 2.33 bits per heavy atom. The summed E-state index contributed by atoms with van der Waals surface area (Å²) in [5.41, 5.74) is 0. The molecular formula is C7H12O4S. The lowest BCUT2D eigenvalue weighted by molar-refractivity contribution is -0.140. The fraction of sp³-hybridized carbons (Fsp3) is 0.714. The molecule has 0 aliphatic carbocycles. The third-order valence-corrected chi connectivity index (χ3v) is 2.05. The Morgan fingerprint density at radius 2 is 2.00 bits per heavy atom. The van der Waals surface area contributed by atoms with Crippen LogP contribution >= 0.6 is 0 Å². The summed E-state index contributed by atoms with van der Waals surface area (Å²) in [6.45, 7) is 1.24. The standard InChI is InChI=1S/C7H12O4S/c1-5(8)7(10)6(9)3-4-12(2)11/h5,8H,3-4H2,1-2H3. The lowest BCUT2D eigenvalue weighted by atomic mass is 10.1. The van der Waals surface area contributed by atoms with Crippen LogP contribution in [0.15, 0.2) is 0 Å². The number of hydrogen-bond donors (Lipinski definition) is 1. The first-order chi connectivity index (χ1) is 5.45. The number of carbonyl (C=O) groups is 2. The van der Waals surface area contributed by atoms with E-state index in [1.165, 1.54) is 13.2 Å². The summed E-state index contributed by atoms with van der Waals surface area (Å²) in [6, 6.07) is 0. The van der Waals surface area contributed by atoms with E-state index >= 15 is 0 Å². The Balaban J connectivity index is 3.89. The van der Waals surface area contributed by atoms with Gasteiger partial charge in [-0.2, -0.15) is 0 Å². The molecule has 0 aliphatic rings. The first kappa shape index (κ1) is 11.4. The molecule has 0 bridgehead atoms. The van der Waals surface area contributed by atoms with Gasteiger partial charge in [0.15, 0.2) is 0 Å². The Morgan fingerprint density at radius 1 is 1.50 bits per heavy atom. The van der Waals surface area contributed by atoms with Gasteiger partial charge < -0.3 is 5.11 Å². The molecule has 0 amide bonds. The number of hydrogen-bond acceptors (Lipinski definition) is 4. The first-order valence-electron chi connectivity index (χ1n) is 3.50. The van der Waals surface area contributed by atoms with Crippen molar-refractivity contribution in [3.05, 3.63) is 0 Å². The fourth-order valence-corrected chi connectivity index (χ4v) is 1.07. The molecule has 0 spiro atoms. The fourth-order valence-electron chi connectivity index (χ4n) is 0.593. The van der Waals surface area contributed by atoms with Crippen molar-refractivity contribution >= 4 is 22.4 Å². The molecule has 4 nitrogen and oxygen atoms in total. The Labute approximate surface area is 73.4 Å². The van der Waals surface area contributed by atoms with Crippen molar-refractivity contribution in [2.45, 2.75) is 19.4 Å². The van der Waals surface area contributed by atoms with Gasteiger partial charge in [0.25, 0.3) is 0 Å². The third-order valence-electron chi connectivity index (χ3n) is 1.27. The molecule has 5 heteroatoms. The van der Waals surface area contributed by atoms with E-state index in [0.29, 0.717) is 0 Å². The number of ketones is 2. The van der Waals surface area contributed by atoms with Crippen LogP contribution in [-0.2, 0) is 20.4 Å². The van der Waals surface area contributed by atoms with E-state index in [4.69, 9.17) is 5.11 Å². The minimum absolute atomic E-state index is 0.0488. The van der Waals surface area contributed by atoms with Crippen LogP contribution in [-0.4, -0.2) is 39.0 Å². The molecule has 0 aliphatic heterocycles. The minimum Gasteiger partial charge on any atom is -0.385 e. The Hall–Kier alpha value is -0.550. The second-order valence-electron chi connectivity index (χ2n) is 2.49. The summed E-state index contributed by atoms with van der Waals surface area (Å²) < 4.78 is 10.5. The van der Waals surface area contributed by atoms with Crippen LogP contribution < -0.4 is 0 Å². The molecule has 12 heavy (non-hydrogen) atoms. The van der Waals surface area contributed by atoms with Crippen molar-refractivity contribution in [3.63, 3.8) is 0 Å². The van der Waals surface area contributed by atoms with Gasteiger partial charge in [-0.25, -0.2) is 0 Å². The van der Waals surface area contributed by atoms with Crippen LogP contribution in [0.5, 0.6) is 0 Å². The number of rotatable bonds is 5. The van der Waals surface area contributed by atoms with Gasteiger partial charge in [-0.05, 0) is 6.92 Å². The van der Waals surface area contributed by atoms with Crippen LogP contribution in [0.4, 0.5) is 0 Å². The van der Waals surface area contributed by atoms with Gasteiger partial charge in [0.05, 0.1) is 0 Å². The van der Waals surface area contributed by atoms with E-state index in [2.05, 4.69) is 0 Å². The normalized spacial score (nSPS) is 15.2. The van der Waals surface area contributed by atoms with E-state index in [9.17, 15) is 13.8 Å². The zero-order valence-corrected chi connectivity index (χ0v) is 7.89. The van der Waals surface area contributed by atoms with Crippen molar-refractivity contribution < 1.29 is 18.9 Å². The molecule has 0 saturated heterocycles. The number of aliphatic hydroxyl groups excluding tert-OH is 1. The first-order valence-corrected chi connectivity index (χ1v) is 5.23. The molecule has 0 aromatic carbocycles. The largest absolute Gasteiger partial charge is 0.385 e. The maximum Gasteiger partial charge on any atom is 0.226 e. The number of Topliss-reactive ketones (excluding diaryl/α,β-unsaturated/α-hetero) is 2. The summed E-state index contributed by atoms with van der Waals surface area (Å²) in [5.74, 6) is -1.28. The molecule has 0 radical (unpaired) electrons.